The maximum Gasteiger partial charge on any atom is 0.279 e. The van der Waals surface area contributed by atoms with Gasteiger partial charge in [-0.2, -0.15) is 0 Å². The minimum Gasteiger partial charge on any atom is -0.455 e. The molecule has 138 valence electrons. The van der Waals surface area contributed by atoms with Gasteiger partial charge in [0.05, 0.1) is 17.1 Å². The molecule has 27 heavy (non-hydrogen) atoms. The van der Waals surface area contributed by atoms with Crippen LogP contribution in [0, 0.1) is 0 Å². The predicted octanol–water partition coefficient (Wildman–Crippen LogP) is 3.90. The van der Waals surface area contributed by atoms with E-state index in [0.717, 1.165) is 18.7 Å². The summed E-state index contributed by atoms with van der Waals surface area (Å²) >= 11 is 1.79. The number of benzene rings is 2. The van der Waals surface area contributed by atoms with Gasteiger partial charge >= 0.3 is 0 Å². The van der Waals surface area contributed by atoms with Crippen molar-refractivity contribution >= 4 is 22.9 Å². The number of hydrogen-bond acceptors (Lipinski definition) is 3. The molecule has 2 atom stereocenters. The summed E-state index contributed by atoms with van der Waals surface area (Å²) in [4.78, 5) is 15.4. The molecule has 5 heteroatoms. The third-order valence-corrected chi connectivity index (χ3v) is 5.88. The number of quaternary nitrogens is 1. The number of thiophene rings is 1. The molecule has 0 radical (unpaired) electrons. The molecule has 1 aliphatic rings. The van der Waals surface area contributed by atoms with Crippen molar-refractivity contribution in [3.8, 4) is 11.5 Å². The van der Waals surface area contributed by atoms with Crippen LogP contribution >= 0.6 is 11.3 Å². The maximum absolute atomic E-state index is 12.7. The first kappa shape index (κ1) is 17.8. The first-order valence-electron chi connectivity index (χ1n) is 9.29. The average molecular weight is 380 g/mol. The zero-order valence-electron chi connectivity index (χ0n) is 15.1. The molecule has 4 nitrogen and oxygen atoms in total. The van der Waals surface area contributed by atoms with Crippen LogP contribution in [0.5, 0.6) is 11.5 Å². The molecule has 1 fully saturated rings. The van der Waals surface area contributed by atoms with Crippen molar-refractivity contribution in [1.82, 2.24) is 0 Å². The Kier molecular flexibility index (Phi) is 5.51. The van der Waals surface area contributed by atoms with E-state index in [1.807, 2.05) is 54.6 Å². The van der Waals surface area contributed by atoms with E-state index in [2.05, 4.69) is 22.8 Å². The van der Waals surface area contributed by atoms with Crippen molar-refractivity contribution in [3.05, 3.63) is 77.0 Å². The van der Waals surface area contributed by atoms with Crippen LogP contribution in [0.25, 0.3) is 0 Å². The molecule has 2 aromatic carbocycles. The monoisotopic (exact) mass is 379 g/mol. The second-order valence-corrected chi connectivity index (χ2v) is 7.73. The Morgan fingerprint density at radius 2 is 1.89 bits per heavy atom. The van der Waals surface area contributed by atoms with Crippen LogP contribution in [0.3, 0.4) is 0 Å². The molecular weight excluding hydrogens is 356 g/mol. The van der Waals surface area contributed by atoms with Crippen LogP contribution in [0.1, 0.15) is 23.8 Å². The molecule has 0 aliphatic carbocycles. The summed E-state index contributed by atoms with van der Waals surface area (Å²) in [5.74, 6) is 1.43. The topological polar surface area (TPSA) is 42.8 Å². The predicted molar refractivity (Wildman–Crippen MR) is 109 cm³/mol. The number of carbonyl (C=O) groups is 1. The van der Waals surface area contributed by atoms with Crippen molar-refractivity contribution < 1.29 is 14.4 Å². The van der Waals surface area contributed by atoms with Gasteiger partial charge < -0.3 is 15.0 Å². The molecule has 4 rings (SSSR count). The number of nitrogens with one attached hydrogen (secondary N) is 2. The van der Waals surface area contributed by atoms with Gasteiger partial charge in [0.15, 0.2) is 12.3 Å². The molecule has 3 aromatic rings. The lowest BCUT2D eigenvalue weighted by molar-refractivity contribution is -0.910. The fourth-order valence-corrected chi connectivity index (χ4v) is 4.55. The highest BCUT2D eigenvalue weighted by Gasteiger charge is 2.32. The highest BCUT2D eigenvalue weighted by atomic mass is 32.1. The fraction of sp³-hybridized carbons (Fsp3) is 0.227. The number of hydrogen-bond donors (Lipinski definition) is 2. The highest BCUT2D eigenvalue weighted by molar-refractivity contribution is 7.10. The lowest BCUT2D eigenvalue weighted by Crippen LogP contribution is -3.11. The third-order valence-electron chi connectivity index (χ3n) is 4.89. The van der Waals surface area contributed by atoms with Crippen LogP contribution < -0.4 is 15.0 Å². The molecule has 1 amide bonds. The van der Waals surface area contributed by atoms with Gasteiger partial charge in [-0.3, -0.25) is 4.79 Å². The fourth-order valence-electron chi connectivity index (χ4n) is 3.63. The Balaban J connectivity index is 1.42. The molecular formula is C22H23N2O2S+. The Morgan fingerprint density at radius 3 is 2.70 bits per heavy atom. The molecule has 1 aliphatic heterocycles. The molecule has 2 N–H and O–H groups in total. The number of para-hydroxylation sites is 3. The van der Waals surface area contributed by atoms with E-state index >= 15 is 0 Å². The Morgan fingerprint density at radius 1 is 1.07 bits per heavy atom. The normalized spacial score (nSPS) is 19.0. The van der Waals surface area contributed by atoms with Crippen molar-refractivity contribution in [1.29, 1.82) is 0 Å². The van der Waals surface area contributed by atoms with Gasteiger partial charge in [-0.15, -0.1) is 11.3 Å². The van der Waals surface area contributed by atoms with Crippen molar-refractivity contribution in [2.75, 3.05) is 18.4 Å². The average Bonchev–Trinajstić information content (AvgIpc) is 3.36. The standard InChI is InChI=1S/C22H22N2O2S/c25-22(16-24-14-6-11-19(24)21-13-7-15-27-21)23-18-10-4-5-12-20(18)26-17-8-2-1-3-9-17/h1-5,7-10,12-13,15,19H,6,11,14,16H2,(H,23,25)/p+1/t19-/m0/s1. The lowest BCUT2D eigenvalue weighted by atomic mass is 10.2. The molecule has 0 spiro atoms. The molecule has 2 heterocycles. The Bertz CT molecular complexity index is 880. The van der Waals surface area contributed by atoms with E-state index in [1.54, 1.807) is 11.3 Å². The van der Waals surface area contributed by atoms with Crippen LogP contribution in [0.15, 0.2) is 72.1 Å². The minimum atomic E-state index is 0.0255. The minimum absolute atomic E-state index is 0.0255. The number of rotatable bonds is 6. The van der Waals surface area contributed by atoms with E-state index in [-0.39, 0.29) is 5.91 Å². The maximum atomic E-state index is 12.7. The van der Waals surface area contributed by atoms with Gasteiger partial charge in [-0.25, -0.2) is 0 Å². The van der Waals surface area contributed by atoms with E-state index in [4.69, 9.17) is 4.74 Å². The quantitative estimate of drug-likeness (QED) is 0.682. The number of ether oxygens (including phenoxy) is 1. The number of anilines is 1. The van der Waals surface area contributed by atoms with Gasteiger partial charge in [0.25, 0.3) is 5.91 Å². The molecule has 0 saturated carbocycles. The molecule has 1 unspecified atom stereocenters. The van der Waals surface area contributed by atoms with Crippen molar-refractivity contribution in [3.63, 3.8) is 0 Å². The van der Waals surface area contributed by atoms with Gasteiger partial charge in [0.1, 0.15) is 11.8 Å². The van der Waals surface area contributed by atoms with Gasteiger partial charge in [0, 0.05) is 12.8 Å². The van der Waals surface area contributed by atoms with Crippen LogP contribution in [-0.2, 0) is 4.79 Å². The number of amides is 1. The highest BCUT2D eigenvalue weighted by Crippen LogP contribution is 2.29. The van der Waals surface area contributed by atoms with E-state index in [0.29, 0.717) is 24.0 Å². The summed E-state index contributed by atoms with van der Waals surface area (Å²) in [6.45, 7) is 1.51. The summed E-state index contributed by atoms with van der Waals surface area (Å²) in [6.07, 6.45) is 2.32. The van der Waals surface area contributed by atoms with E-state index < -0.39 is 0 Å². The van der Waals surface area contributed by atoms with Gasteiger partial charge in [-0.1, -0.05) is 36.4 Å². The van der Waals surface area contributed by atoms with Gasteiger partial charge in [-0.05, 0) is 35.7 Å². The summed E-state index contributed by atoms with van der Waals surface area (Å²) in [5, 5.41) is 5.16. The smallest absolute Gasteiger partial charge is 0.279 e. The molecule has 1 saturated heterocycles. The van der Waals surface area contributed by atoms with Gasteiger partial charge in [0.2, 0.25) is 0 Å². The lowest BCUT2D eigenvalue weighted by Gasteiger charge is -2.20. The number of carbonyl (C=O) groups excluding carboxylic acids is 1. The van der Waals surface area contributed by atoms with Crippen LogP contribution in [0.4, 0.5) is 5.69 Å². The summed E-state index contributed by atoms with van der Waals surface area (Å²) in [7, 11) is 0. The number of likely N-dealkylation sites (tertiary alicyclic amines) is 1. The summed E-state index contributed by atoms with van der Waals surface area (Å²) in [6, 6.07) is 21.9. The van der Waals surface area contributed by atoms with Crippen molar-refractivity contribution in [2.45, 2.75) is 18.9 Å². The third kappa shape index (κ3) is 4.38. The summed E-state index contributed by atoms with van der Waals surface area (Å²) < 4.78 is 5.94. The second kappa shape index (κ2) is 8.37. The summed E-state index contributed by atoms with van der Waals surface area (Å²) in [5.41, 5.74) is 0.706. The van der Waals surface area contributed by atoms with Crippen molar-refractivity contribution in [2.24, 2.45) is 0 Å². The van der Waals surface area contributed by atoms with E-state index in [1.165, 1.54) is 16.2 Å². The molecule has 0 bridgehead atoms. The van der Waals surface area contributed by atoms with Crippen LogP contribution in [0.2, 0.25) is 0 Å². The Hall–Kier alpha value is -2.63. The first-order valence-corrected chi connectivity index (χ1v) is 10.2. The zero-order chi connectivity index (χ0) is 18.5. The first-order chi connectivity index (χ1) is 13.3. The van der Waals surface area contributed by atoms with E-state index in [9.17, 15) is 4.79 Å². The largest absolute Gasteiger partial charge is 0.455 e. The zero-order valence-corrected chi connectivity index (χ0v) is 15.9. The molecule has 1 aromatic heterocycles. The van der Waals surface area contributed by atoms with Crippen LogP contribution in [-0.4, -0.2) is 19.0 Å². The Labute approximate surface area is 163 Å². The second-order valence-electron chi connectivity index (χ2n) is 6.75. The SMILES string of the molecule is O=C(C[NH+]1CCC[C@H]1c1cccs1)Nc1ccccc1Oc1ccccc1.